The van der Waals surface area contributed by atoms with E-state index >= 15 is 0 Å². The van der Waals surface area contributed by atoms with E-state index in [-0.39, 0.29) is 12.8 Å². The van der Waals surface area contributed by atoms with Gasteiger partial charge in [0.1, 0.15) is 11.7 Å². The first kappa shape index (κ1) is 13.9. The highest BCUT2D eigenvalue weighted by Crippen LogP contribution is 2.11. The van der Waals surface area contributed by atoms with E-state index in [0.717, 1.165) is 0 Å². The van der Waals surface area contributed by atoms with Crippen molar-refractivity contribution >= 4 is 5.97 Å². The number of hydrogen-bond acceptors (Lipinski definition) is 4. The second kappa shape index (κ2) is 5.74. The summed E-state index contributed by atoms with van der Waals surface area (Å²) in [5.41, 5.74) is -0.568. The number of ether oxygens (including phenoxy) is 1. The van der Waals surface area contributed by atoms with Gasteiger partial charge in [-0.05, 0) is 20.8 Å². The quantitative estimate of drug-likeness (QED) is 0.527. The zero-order valence-corrected chi connectivity index (χ0v) is 9.36. The van der Waals surface area contributed by atoms with Crippen molar-refractivity contribution < 1.29 is 19.7 Å². The lowest BCUT2D eigenvalue weighted by Gasteiger charge is -2.20. The molecule has 0 amide bonds. The first-order valence-corrected chi connectivity index (χ1v) is 4.78. The molecule has 0 bridgehead atoms. The van der Waals surface area contributed by atoms with Crippen LogP contribution in [0, 0.1) is 12.3 Å². The van der Waals surface area contributed by atoms with Crippen molar-refractivity contribution in [2.75, 3.05) is 0 Å². The van der Waals surface area contributed by atoms with Crippen LogP contribution >= 0.6 is 0 Å². The molecular formula is C11H18O4. The van der Waals surface area contributed by atoms with Crippen molar-refractivity contribution in [3.63, 3.8) is 0 Å². The summed E-state index contributed by atoms with van der Waals surface area (Å²) in [6.07, 6.45) is 2.76. The summed E-state index contributed by atoms with van der Waals surface area (Å²) >= 11 is 0. The molecule has 4 heteroatoms. The molecule has 0 aromatic rings. The summed E-state index contributed by atoms with van der Waals surface area (Å²) in [5.74, 6) is 1.56. The number of esters is 1. The van der Waals surface area contributed by atoms with Crippen molar-refractivity contribution in [1.29, 1.82) is 0 Å². The molecule has 0 aromatic heterocycles. The fourth-order valence-corrected chi connectivity index (χ4v) is 0.985. The molecule has 0 heterocycles. The molecule has 0 aromatic carbocycles. The van der Waals surface area contributed by atoms with Crippen LogP contribution in [0.3, 0.4) is 0 Å². The molecule has 2 atom stereocenters. The summed E-state index contributed by atoms with van der Waals surface area (Å²) in [5, 5.41) is 18.4. The Kier molecular flexibility index (Phi) is 5.34. The van der Waals surface area contributed by atoms with Gasteiger partial charge in [0.05, 0.1) is 12.5 Å². The molecule has 2 unspecified atom stereocenters. The van der Waals surface area contributed by atoms with E-state index in [1.807, 2.05) is 0 Å². The molecule has 15 heavy (non-hydrogen) atoms. The molecule has 86 valence electrons. The Labute approximate surface area is 90.3 Å². The molecule has 0 aliphatic heterocycles. The van der Waals surface area contributed by atoms with E-state index in [0.29, 0.717) is 0 Å². The number of carbonyl (C=O) groups excluding carboxylic acids is 1. The molecule has 2 N–H and O–H groups in total. The molecule has 0 rings (SSSR count). The zero-order valence-electron chi connectivity index (χ0n) is 9.36. The molecule has 0 radical (unpaired) electrons. The van der Waals surface area contributed by atoms with Crippen LogP contribution in [0.2, 0.25) is 0 Å². The second-order valence-electron chi connectivity index (χ2n) is 4.36. The summed E-state index contributed by atoms with van der Waals surface area (Å²) in [6.45, 7) is 5.23. The van der Waals surface area contributed by atoms with Crippen molar-refractivity contribution in [1.82, 2.24) is 0 Å². The lowest BCUT2D eigenvalue weighted by Crippen LogP contribution is -2.27. The Bertz CT molecular complexity index is 246. The highest BCUT2D eigenvalue weighted by Gasteiger charge is 2.20. The van der Waals surface area contributed by atoms with Gasteiger partial charge < -0.3 is 14.9 Å². The maximum absolute atomic E-state index is 11.2. The van der Waals surface area contributed by atoms with Crippen LogP contribution in [0.25, 0.3) is 0 Å². The van der Waals surface area contributed by atoms with Gasteiger partial charge >= 0.3 is 5.97 Å². The standard InChI is InChI=1S/C11H18O4/c1-5-8(12)6-9(13)7-10(14)15-11(2,3)4/h1,8-9,12-13H,6-7H2,2-4H3. The van der Waals surface area contributed by atoms with E-state index in [9.17, 15) is 9.90 Å². The van der Waals surface area contributed by atoms with Gasteiger partial charge in [0, 0.05) is 6.42 Å². The summed E-state index contributed by atoms with van der Waals surface area (Å²) in [6, 6.07) is 0. The highest BCUT2D eigenvalue weighted by molar-refractivity contribution is 5.70. The first-order valence-electron chi connectivity index (χ1n) is 4.78. The Balaban J connectivity index is 3.93. The van der Waals surface area contributed by atoms with Gasteiger partial charge in [-0.15, -0.1) is 6.42 Å². The molecule has 0 aliphatic carbocycles. The fourth-order valence-electron chi connectivity index (χ4n) is 0.985. The monoisotopic (exact) mass is 214 g/mol. The van der Waals surface area contributed by atoms with Gasteiger partial charge in [0.25, 0.3) is 0 Å². The lowest BCUT2D eigenvalue weighted by molar-refractivity contribution is -0.157. The number of hydrogen-bond donors (Lipinski definition) is 2. The Hall–Kier alpha value is -1.05. The SMILES string of the molecule is C#CC(O)CC(O)CC(=O)OC(C)(C)C. The average molecular weight is 214 g/mol. The third-order valence-corrected chi connectivity index (χ3v) is 1.51. The molecule has 0 aliphatic rings. The predicted octanol–water partition coefficient (Wildman–Crippen LogP) is 0.463. The van der Waals surface area contributed by atoms with Crippen LogP contribution in [0.15, 0.2) is 0 Å². The van der Waals surface area contributed by atoms with Crippen molar-refractivity contribution in [2.45, 2.75) is 51.4 Å². The topological polar surface area (TPSA) is 66.8 Å². The normalized spacial score (nSPS) is 15.2. The minimum Gasteiger partial charge on any atom is -0.460 e. The predicted molar refractivity (Wildman–Crippen MR) is 55.9 cm³/mol. The minimum atomic E-state index is -1.03. The maximum Gasteiger partial charge on any atom is 0.308 e. The van der Waals surface area contributed by atoms with Crippen LogP contribution in [-0.2, 0) is 9.53 Å². The lowest BCUT2D eigenvalue weighted by atomic mass is 10.1. The van der Waals surface area contributed by atoms with Crippen LogP contribution in [0.4, 0.5) is 0 Å². The number of terminal acetylenes is 1. The second-order valence-corrected chi connectivity index (χ2v) is 4.36. The molecular weight excluding hydrogens is 196 g/mol. The molecule has 0 saturated carbocycles. The van der Waals surface area contributed by atoms with E-state index < -0.39 is 23.8 Å². The van der Waals surface area contributed by atoms with Gasteiger partial charge in [-0.1, -0.05) is 5.92 Å². The van der Waals surface area contributed by atoms with Gasteiger partial charge in [0.2, 0.25) is 0 Å². The van der Waals surface area contributed by atoms with Crippen molar-refractivity contribution in [3.8, 4) is 12.3 Å². The first-order chi connectivity index (χ1) is 6.74. The Morgan fingerprint density at radius 2 is 2.00 bits per heavy atom. The third-order valence-electron chi connectivity index (χ3n) is 1.51. The van der Waals surface area contributed by atoms with E-state index in [1.165, 1.54) is 0 Å². The zero-order chi connectivity index (χ0) is 12.1. The summed E-state index contributed by atoms with van der Waals surface area (Å²) in [7, 11) is 0. The van der Waals surface area contributed by atoms with Crippen LogP contribution in [0.1, 0.15) is 33.6 Å². The molecule has 4 nitrogen and oxygen atoms in total. The van der Waals surface area contributed by atoms with Gasteiger partial charge in [-0.2, -0.15) is 0 Å². The van der Waals surface area contributed by atoms with Crippen LogP contribution < -0.4 is 0 Å². The number of rotatable bonds is 4. The fraction of sp³-hybridized carbons (Fsp3) is 0.727. The van der Waals surface area contributed by atoms with E-state index in [2.05, 4.69) is 5.92 Å². The van der Waals surface area contributed by atoms with Crippen molar-refractivity contribution in [3.05, 3.63) is 0 Å². The van der Waals surface area contributed by atoms with Crippen LogP contribution in [-0.4, -0.2) is 34.0 Å². The maximum atomic E-state index is 11.2. The smallest absolute Gasteiger partial charge is 0.308 e. The van der Waals surface area contributed by atoms with Gasteiger partial charge in [-0.3, -0.25) is 4.79 Å². The van der Waals surface area contributed by atoms with E-state index in [1.54, 1.807) is 20.8 Å². The third kappa shape index (κ3) is 7.98. The average Bonchev–Trinajstić information content (AvgIpc) is 1.99. The van der Waals surface area contributed by atoms with Gasteiger partial charge in [-0.25, -0.2) is 0 Å². The van der Waals surface area contributed by atoms with E-state index in [4.69, 9.17) is 16.3 Å². The molecule has 0 saturated heterocycles. The number of aliphatic hydroxyl groups excluding tert-OH is 2. The summed E-state index contributed by atoms with van der Waals surface area (Å²) < 4.78 is 4.99. The minimum absolute atomic E-state index is 0.0181. The largest absolute Gasteiger partial charge is 0.460 e. The molecule has 0 spiro atoms. The van der Waals surface area contributed by atoms with Gasteiger partial charge in [0.15, 0.2) is 0 Å². The Morgan fingerprint density at radius 1 is 1.47 bits per heavy atom. The van der Waals surface area contributed by atoms with Crippen molar-refractivity contribution in [2.24, 2.45) is 0 Å². The number of carbonyl (C=O) groups is 1. The Morgan fingerprint density at radius 3 is 2.40 bits per heavy atom. The number of aliphatic hydroxyl groups is 2. The van der Waals surface area contributed by atoms with Crippen LogP contribution in [0.5, 0.6) is 0 Å². The summed E-state index contributed by atoms with van der Waals surface area (Å²) in [4.78, 5) is 11.2. The highest BCUT2D eigenvalue weighted by atomic mass is 16.6. The molecule has 0 fully saturated rings.